The second kappa shape index (κ2) is 6.54. The molecule has 102 valence electrons. The first kappa shape index (κ1) is 13.8. The van der Waals surface area contributed by atoms with Gasteiger partial charge in [0.2, 0.25) is 5.91 Å². The predicted octanol–water partition coefficient (Wildman–Crippen LogP) is 1.32. The van der Waals surface area contributed by atoms with E-state index in [4.69, 9.17) is 22.1 Å². The molecular formula is C13H16ClN3O2. The minimum Gasteiger partial charge on any atom is -0.370 e. The van der Waals surface area contributed by atoms with Crippen LogP contribution in [0.5, 0.6) is 0 Å². The second-order valence-electron chi connectivity index (χ2n) is 4.13. The molecule has 0 radical (unpaired) electrons. The third-order valence-electron chi connectivity index (χ3n) is 2.76. The number of carbonyl (C=O) groups excluding carboxylic acids is 1. The summed E-state index contributed by atoms with van der Waals surface area (Å²) >= 11 is 5.79. The number of nitrogens with zero attached hydrogens (tertiary/aromatic N) is 2. The van der Waals surface area contributed by atoms with Gasteiger partial charge in [0.05, 0.1) is 17.6 Å². The Morgan fingerprint density at radius 3 is 2.95 bits per heavy atom. The van der Waals surface area contributed by atoms with Gasteiger partial charge >= 0.3 is 0 Å². The van der Waals surface area contributed by atoms with Gasteiger partial charge < -0.3 is 15.0 Å². The topological polar surface area (TPSA) is 70.1 Å². The van der Waals surface area contributed by atoms with Gasteiger partial charge in [-0.1, -0.05) is 12.1 Å². The molecule has 2 N–H and O–H groups in total. The van der Waals surface area contributed by atoms with Gasteiger partial charge in [-0.15, -0.1) is 11.6 Å². The highest BCUT2D eigenvalue weighted by Gasteiger charge is 2.09. The van der Waals surface area contributed by atoms with Crippen LogP contribution in [0.3, 0.4) is 0 Å². The van der Waals surface area contributed by atoms with Crippen molar-refractivity contribution < 1.29 is 9.53 Å². The van der Waals surface area contributed by atoms with Gasteiger partial charge in [0.1, 0.15) is 12.4 Å². The van der Waals surface area contributed by atoms with Gasteiger partial charge in [-0.3, -0.25) is 4.79 Å². The van der Waals surface area contributed by atoms with Crippen molar-refractivity contribution in [1.29, 1.82) is 0 Å². The molecule has 1 amide bonds. The summed E-state index contributed by atoms with van der Waals surface area (Å²) in [6.07, 6.45) is 0.700. The number of hydrogen-bond donors (Lipinski definition) is 1. The molecule has 0 unspecified atom stereocenters. The summed E-state index contributed by atoms with van der Waals surface area (Å²) in [5.41, 5.74) is 7.01. The number of rotatable bonds is 7. The van der Waals surface area contributed by atoms with Crippen molar-refractivity contribution in [3.05, 3.63) is 30.1 Å². The van der Waals surface area contributed by atoms with E-state index in [1.807, 2.05) is 24.3 Å². The number of fused-ring (bicyclic) bond motifs is 1. The van der Waals surface area contributed by atoms with Crippen LogP contribution in [0.2, 0.25) is 0 Å². The fraction of sp³-hybridized carbons (Fsp3) is 0.385. The quantitative estimate of drug-likeness (QED) is 0.615. The summed E-state index contributed by atoms with van der Waals surface area (Å²) in [5.74, 6) is 0.987. The molecule has 19 heavy (non-hydrogen) atoms. The number of carbonyl (C=O) groups is 1. The van der Waals surface area contributed by atoms with Gasteiger partial charge in [-0.25, -0.2) is 4.98 Å². The van der Waals surface area contributed by atoms with E-state index >= 15 is 0 Å². The maximum atomic E-state index is 10.6. The van der Waals surface area contributed by atoms with Crippen molar-refractivity contribution in [2.24, 2.45) is 5.73 Å². The van der Waals surface area contributed by atoms with Crippen LogP contribution >= 0.6 is 11.6 Å². The second-order valence-corrected chi connectivity index (χ2v) is 4.50. The highest BCUT2D eigenvalue weighted by atomic mass is 35.5. The number of alkyl halides is 1. The maximum absolute atomic E-state index is 10.6. The van der Waals surface area contributed by atoms with Crippen LogP contribution in [0.25, 0.3) is 11.0 Å². The van der Waals surface area contributed by atoms with Crippen LogP contribution in [-0.2, 0) is 22.5 Å². The number of halogens is 1. The largest absolute Gasteiger partial charge is 0.370 e. The van der Waals surface area contributed by atoms with Gasteiger partial charge in [0, 0.05) is 18.8 Å². The van der Waals surface area contributed by atoms with E-state index in [2.05, 4.69) is 9.55 Å². The molecule has 6 heteroatoms. The van der Waals surface area contributed by atoms with E-state index in [0.717, 1.165) is 16.9 Å². The molecule has 0 aliphatic rings. The van der Waals surface area contributed by atoms with E-state index < -0.39 is 5.91 Å². The normalized spacial score (nSPS) is 11.0. The maximum Gasteiger partial charge on any atom is 0.243 e. The molecule has 1 aromatic heterocycles. The third kappa shape index (κ3) is 3.45. The fourth-order valence-electron chi connectivity index (χ4n) is 1.98. The Labute approximate surface area is 116 Å². The molecule has 5 nitrogen and oxygen atoms in total. The monoisotopic (exact) mass is 281 g/mol. The molecule has 1 heterocycles. The Bertz CT molecular complexity index is 568. The summed E-state index contributed by atoms with van der Waals surface area (Å²) in [4.78, 5) is 15.2. The summed E-state index contributed by atoms with van der Waals surface area (Å²) in [6.45, 7) is 0.982. The molecule has 0 spiro atoms. The summed E-state index contributed by atoms with van der Waals surface area (Å²) in [6, 6.07) is 7.89. The number of aromatic nitrogens is 2. The summed E-state index contributed by atoms with van der Waals surface area (Å²) in [5, 5.41) is 0. The average molecular weight is 282 g/mol. The van der Waals surface area contributed by atoms with E-state index in [-0.39, 0.29) is 6.61 Å². The van der Waals surface area contributed by atoms with Crippen LogP contribution in [0, 0.1) is 0 Å². The number of amides is 1. The molecule has 1 aromatic carbocycles. The predicted molar refractivity (Wildman–Crippen MR) is 74.2 cm³/mol. The Hall–Kier alpha value is -1.59. The number of benzene rings is 1. The smallest absolute Gasteiger partial charge is 0.243 e. The van der Waals surface area contributed by atoms with Crippen LogP contribution in [-0.4, -0.2) is 34.6 Å². The van der Waals surface area contributed by atoms with E-state index in [0.29, 0.717) is 25.5 Å². The fourth-order valence-corrected chi connectivity index (χ4v) is 2.15. The van der Waals surface area contributed by atoms with Gasteiger partial charge in [-0.05, 0) is 12.1 Å². The standard InChI is InChI=1S/C13H16ClN3O2/c14-6-5-13-16-10-3-1-2-4-11(10)17(13)7-8-19-9-12(15)18/h1-4H,5-9H2,(H2,15,18). The molecule has 0 aliphatic heterocycles. The average Bonchev–Trinajstić information content (AvgIpc) is 2.73. The SMILES string of the molecule is NC(=O)COCCn1c(CCCl)nc2ccccc21. The molecule has 0 aliphatic carbocycles. The molecule has 0 atom stereocenters. The molecule has 0 saturated carbocycles. The Kier molecular flexibility index (Phi) is 4.76. The molecule has 0 saturated heterocycles. The highest BCUT2D eigenvalue weighted by molar-refractivity contribution is 6.17. The number of hydrogen-bond acceptors (Lipinski definition) is 3. The first-order chi connectivity index (χ1) is 9.22. The Morgan fingerprint density at radius 2 is 2.21 bits per heavy atom. The minimum absolute atomic E-state index is 0.0581. The summed E-state index contributed by atoms with van der Waals surface area (Å²) < 4.78 is 7.26. The Balaban J connectivity index is 2.14. The molecule has 2 aromatic rings. The number of imidazole rings is 1. The summed E-state index contributed by atoms with van der Waals surface area (Å²) in [7, 11) is 0. The molecule has 2 rings (SSSR count). The number of primary amides is 1. The number of aryl methyl sites for hydroxylation is 1. The van der Waals surface area contributed by atoms with E-state index in [1.165, 1.54) is 0 Å². The lowest BCUT2D eigenvalue weighted by Gasteiger charge is -2.08. The lowest BCUT2D eigenvalue weighted by Crippen LogP contribution is -2.20. The zero-order valence-electron chi connectivity index (χ0n) is 10.5. The van der Waals surface area contributed by atoms with E-state index in [9.17, 15) is 4.79 Å². The zero-order valence-corrected chi connectivity index (χ0v) is 11.3. The molecule has 0 fully saturated rings. The van der Waals surface area contributed by atoms with Gasteiger partial charge in [0.15, 0.2) is 0 Å². The number of ether oxygens (including phenoxy) is 1. The van der Waals surface area contributed by atoms with Crippen molar-refractivity contribution in [3.63, 3.8) is 0 Å². The van der Waals surface area contributed by atoms with Crippen LogP contribution < -0.4 is 5.73 Å². The van der Waals surface area contributed by atoms with Crippen LogP contribution in [0.15, 0.2) is 24.3 Å². The van der Waals surface area contributed by atoms with Crippen molar-refractivity contribution >= 4 is 28.5 Å². The van der Waals surface area contributed by atoms with Crippen LogP contribution in [0.4, 0.5) is 0 Å². The molecular weight excluding hydrogens is 266 g/mol. The molecule has 0 bridgehead atoms. The van der Waals surface area contributed by atoms with Gasteiger partial charge in [-0.2, -0.15) is 0 Å². The van der Waals surface area contributed by atoms with Crippen molar-refractivity contribution in [1.82, 2.24) is 9.55 Å². The number of nitrogens with two attached hydrogens (primary N) is 1. The Morgan fingerprint density at radius 1 is 1.42 bits per heavy atom. The zero-order chi connectivity index (χ0) is 13.7. The van der Waals surface area contributed by atoms with Crippen LogP contribution in [0.1, 0.15) is 5.82 Å². The first-order valence-corrected chi connectivity index (χ1v) is 6.62. The first-order valence-electron chi connectivity index (χ1n) is 6.08. The number of para-hydroxylation sites is 2. The lowest BCUT2D eigenvalue weighted by atomic mass is 10.3. The van der Waals surface area contributed by atoms with Crippen molar-refractivity contribution in [2.75, 3.05) is 19.1 Å². The van der Waals surface area contributed by atoms with Crippen molar-refractivity contribution in [3.8, 4) is 0 Å². The minimum atomic E-state index is -0.462. The highest BCUT2D eigenvalue weighted by Crippen LogP contribution is 2.16. The lowest BCUT2D eigenvalue weighted by molar-refractivity contribution is -0.122. The van der Waals surface area contributed by atoms with E-state index in [1.54, 1.807) is 0 Å². The third-order valence-corrected chi connectivity index (χ3v) is 2.94. The van der Waals surface area contributed by atoms with Gasteiger partial charge in [0.25, 0.3) is 0 Å². The van der Waals surface area contributed by atoms with Crippen molar-refractivity contribution in [2.45, 2.75) is 13.0 Å².